The summed E-state index contributed by atoms with van der Waals surface area (Å²) in [5, 5.41) is 1.16. The van der Waals surface area contributed by atoms with Gasteiger partial charge in [-0.15, -0.1) is 0 Å². The minimum absolute atomic E-state index is 0.0634. The summed E-state index contributed by atoms with van der Waals surface area (Å²) in [6.07, 6.45) is 7.85. The smallest absolute Gasteiger partial charge is 0.272 e. The highest BCUT2D eigenvalue weighted by molar-refractivity contribution is 5.92. The monoisotopic (exact) mass is 414 g/mol. The van der Waals surface area contributed by atoms with Crippen LogP contribution < -0.4 is 0 Å². The Balaban J connectivity index is 1.34. The number of aromatic nitrogens is 2. The van der Waals surface area contributed by atoms with E-state index >= 15 is 0 Å². The lowest BCUT2D eigenvalue weighted by atomic mass is 10.1. The number of furan rings is 1. The van der Waals surface area contributed by atoms with Crippen LogP contribution in [-0.4, -0.2) is 51.9 Å². The lowest BCUT2D eigenvalue weighted by Gasteiger charge is -2.24. The fraction of sp³-hybridized carbons (Fsp3) is 0.280. The summed E-state index contributed by atoms with van der Waals surface area (Å²) < 4.78 is 5.87. The quantitative estimate of drug-likeness (QED) is 0.481. The van der Waals surface area contributed by atoms with Gasteiger partial charge in [-0.05, 0) is 73.3 Å². The first kappa shape index (κ1) is 19.6. The van der Waals surface area contributed by atoms with Crippen molar-refractivity contribution in [3.8, 4) is 11.1 Å². The van der Waals surface area contributed by atoms with Crippen molar-refractivity contribution < 1.29 is 9.21 Å². The maximum absolute atomic E-state index is 13.1. The van der Waals surface area contributed by atoms with Gasteiger partial charge in [-0.25, -0.2) is 0 Å². The molecule has 0 saturated carbocycles. The summed E-state index contributed by atoms with van der Waals surface area (Å²) >= 11 is 0. The van der Waals surface area contributed by atoms with Gasteiger partial charge in [-0.3, -0.25) is 9.78 Å². The van der Waals surface area contributed by atoms with Gasteiger partial charge in [0.05, 0.1) is 12.8 Å². The van der Waals surface area contributed by atoms with Crippen LogP contribution >= 0.6 is 0 Å². The van der Waals surface area contributed by atoms with Gasteiger partial charge in [0.15, 0.2) is 0 Å². The first-order valence-corrected chi connectivity index (χ1v) is 10.8. The largest absolute Gasteiger partial charge is 0.467 e. The Kier molecular flexibility index (Phi) is 5.54. The normalized spacial score (nSPS) is 14.3. The van der Waals surface area contributed by atoms with Gasteiger partial charge in [-0.2, -0.15) is 0 Å². The predicted molar refractivity (Wildman–Crippen MR) is 121 cm³/mol. The number of hydrogen-bond acceptors (Lipinski definition) is 4. The molecule has 1 aromatic carbocycles. The maximum atomic E-state index is 13.1. The average molecular weight is 415 g/mol. The van der Waals surface area contributed by atoms with Crippen LogP contribution in [0.25, 0.3) is 22.0 Å². The van der Waals surface area contributed by atoms with Gasteiger partial charge in [-0.1, -0.05) is 12.1 Å². The molecule has 5 rings (SSSR count). The molecule has 6 nitrogen and oxygen atoms in total. The van der Waals surface area contributed by atoms with Crippen LogP contribution in [0.5, 0.6) is 0 Å². The third-order valence-corrected chi connectivity index (χ3v) is 5.94. The summed E-state index contributed by atoms with van der Waals surface area (Å²) in [6, 6.07) is 15.8. The fourth-order valence-corrected chi connectivity index (χ4v) is 4.21. The third kappa shape index (κ3) is 4.39. The Morgan fingerprint density at radius 2 is 2.00 bits per heavy atom. The van der Waals surface area contributed by atoms with Crippen molar-refractivity contribution in [2.45, 2.75) is 19.4 Å². The Morgan fingerprint density at radius 1 is 1.10 bits per heavy atom. The van der Waals surface area contributed by atoms with Crippen molar-refractivity contribution in [1.82, 2.24) is 19.8 Å². The first-order chi connectivity index (χ1) is 15.3. The highest BCUT2D eigenvalue weighted by atomic mass is 16.3. The van der Waals surface area contributed by atoms with Crippen LogP contribution in [0.4, 0.5) is 0 Å². The van der Waals surface area contributed by atoms with E-state index in [1.807, 2.05) is 29.3 Å². The molecule has 1 aliphatic heterocycles. The van der Waals surface area contributed by atoms with Crippen molar-refractivity contribution in [3.05, 3.63) is 78.6 Å². The van der Waals surface area contributed by atoms with Crippen molar-refractivity contribution in [2.24, 2.45) is 0 Å². The van der Waals surface area contributed by atoms with E-state index in [0.717, 1.165) is 47.4 Å². The first-order valence-electron chi connectivity index (χ1n) is 10.8. The maximum Gasteiger partial charge on any atom is 0.272 e. The second-order valence-electron chi connectivity index (χ2n) is 8.07. The molecule has 3 aromatic heterocycles. The van der Waals surface area contributed by atoms with Gasteiger partial charge >= 0.3 is 0 Å². The van der Waals surface area contributed by atoms with Crippen molar-refractivity contribution in [1.29, 1.82) is 0 Å². The molecule has 4 heterocycles. The highest BCUT2D eigenvalue weighted by Gasteiger charge is 2.21. The highest BCUT2D eigenvalue weighted by Crippen LogP contribution is 2.26. The van der Waals surface area contributed by atoms with Crippen molar-refractivity contribution >= 4 is 16.8 Å². The predicted octanol–water partition coefficient (Wildman–Crippen LogP) is 4.56. The van der Waals surface area contributed by atoms with E-state index in [9.17, 15) is 4.79 Å². The molecule has 1 amide bonds. The number of likely N-dealkylation sites (tertiary alicyclic amines) is 1. The molecule has 0 radical (unpaired) electrons. The molecular formula is C25H26N4O2. The van der Waals surface area contributed by atoms with E-state index in [1.54, 1.807) is 18.5 Å². The van der Waals surface area contributed by atoms with Crippen molar-refractivity contribution in [2.75, 3.05) is 26.2 Å². The molecule has 0 spiro atoms. The number of carbonyl (C=O) groups is 1. The van der Waals surface area contributed by atoms with Crippen LogP contribution in [0.2, 0.25) is 0 Å². The number of nitrogens with zero attached hydrogens (tertiary/aromatic N) is 3. The Morgan fingerprint density at radius 3 is 2.84 bits per heavy atom. The Labute approximate surface area is 181 Å². The molecular weight excluding hydrogens is 388 g/mol. The molecule has 1 fully saturated rings. The van der Waals surface area contributed by atoms with E-state index < -0.39 is 0 Å². The van der Waals surface area contributed by atoms with Crippen LogP contribution in [-0.2, 0) is 6.54 Å². The molecule has 4 aromatic rings. The number of pyridine rings is 1. The number of aromatic amines is 1. The zero-order valence-electron chi connectivity index (χ0n) is 17.5. The molecule has 0 aliphatic carbocycles. The third-order valence-electron chi connectivity index (χ3n) is 5.94. The summed E-state index contributed by atoms with van der Waals surface area (Å²) in [4.78, 5) is 24.9. The molecule has 6 heteroatoms. The number of benzene rings is 1. The lowest BCUT2D eigenvalue weighted by molar-refractivity contribution is 0.0709. The van der Waals surface area contributed by atoms with Gasteiger partial charge in [0.25, 0.3) is 5.91 Å². The van der Waals surface area contributed by atoms with Crippen molar-refractivity contribution in [3.63, 3.8) is 0 Å². The SMILES string of the molecule is O=C(c1ccccn1)N(CCN1CCCC1)Cc1cc(-c2ccc3[nH]ccc3c2)co1. The number of rotatable bonds is 7. The van der Waals surface area contributed by atoms with E-state index in [4.69, 9.17) is 4.42 Å². The van der Waals surface area contributed by atoms with Crippen LogP contribution in [0.3, 0.4) is 0 Å². The second kappa shape index (κ2) is 8.78. The number of hydrogen-bond donors (Lipinski definition) is 1. The molecule has 0 unspecified atom stereocenters. The second-order valence-corrected chi connectivity index (χ2v) is 8.07. The number of nitrogens with one attached hydrogen (secondary N) is 1. The molecule has 31 heavy (non-hydrogen) atoms. The lowest BCUT2D eigenvalue weighted by Crippen LogP contribution is -2.37. The Bertz CT molecular complexity index is 1160. The molecule has 0 bridgehead atoms. The molecule has 158 valence electrons. The van der Waals surface area contributed by atoms with Gasteiger partial charge in [0.2, 0.25) is 0 Å². The minimum atomic E-state index is -0.0634. The zero-order chi connectivity index (χ0) is 21.0. The van der Waals surface area contributed by atoms with Gasteiger partial charge in [0.1, 0.15) is 11.5 Å². The number of H-pyrrole nitrogens is 1. The van der Waals surface area contributed by atoms with Gasteiger partial charge in [0, 0.05) is 36.6 Å². The number of fused-ring (bicyclic) bond motifs is 1. The topological polar surface area (TPSA) is 65.4 Å². The summed E-state index contributed by atoms with van der Waals surface area (Å²) in [6.45, 7) is 4.17. The summed E-state index contributed by atoms with van der Waals surface area (Å²) in [5.41, 5.74) is 3.69. The van der Waals surface area contributed by atoms with Gasteiger partial charge < -0.3 is 19.2 Å². The average Bonchev–Trinajstić information content (AvgIpc) is 3.58. The minimum Gasteiger partial charge on any atom is -0.467 e. The van der Waals surface area contributed by atoms with E-state index in [0.29, 0.717) is 18.8 Å². The molecule has 1 aliphatic rings. The summed E-state index contributed by atoms with van der Waals surface area (Å²) in [5.74, 6) is 0.710. The number of amides is 1. The van der Waals surface area contributed by atoms with Crippen LogP contribution in [0, 0.1) is 0 Å². The standard InChI is InChI=1S/C25H26N4O2/c30-25(24-5-1-2-9-26-24)29(14-13-28-11-3-4-12-28)17-22-16-21(18-31-22)19-6-7-23-20(15-19)8-10-27-23/h1-2,5-10,15-16,18,27H,3-4,11-14,17H2. The van der Waals surface area contributed by atoms with E-state index in [1.165, 1.54) is 12.8 Å². The van der Waals surface area contributed by atoms with Crippen LogP contribution in [0.1, 0.15) is 29.1 Å². The Hall–Kier alpha value is -3.38. The summed E-state index contributed by atoms with van der Waals surface area (Å²) in [7, 11) is 0. The van der Waals surface area contributed by atoms with E-state index in [2.05, 4.69) is 39.1 Å². The molecule has 1 N–H and O–H groups in total. The zero-order valence-corrected chi connectivity index (χ0v) is 17.5. The molecule has 1 saturated heterocycles. The molecule has 0 atom stereocenters. The van der Waals surface area contributed by atoms with Crippen LogP contribution in [0.15, 0.2) is 71.6 Å². The number of carbonyl (C=O) groups excluding carboxylic acids is 1. The fourth-order valence-electron chi connectivity index (χ4n) is 4.21. The van der Waals surface area contributed by atoms with E-state index in [-0.39, 0.29) is 5.91 Å².